The molecule has 7 heteroatoms. The topological polar surface area (TPSA) is 66.5 Å². The summed E-state index contributed by atoms with van der Waals surface area (Å²) < 4.78 is 25.2. The lowest BCUT2D eigenvalue weighted by molar-refractivity contribution is 0.102. The van der Waals surface area contributed by atoms with Crippen molar-refractivity contribution in [3.63, 3.8) is 0 Å². The average Bonchev–Trinajstić information content (AvgIpc) is 2.48. The summed E-state index contributed by atoms with van der Waals surface area (Å²) in [6, 6.07) is 13.6. The maximum atomic E-state index is 12.2. The Kier molecular flexibility index (Phi) is 4.87. The van der Waals surface area contributed by atoms with Crippen molar-refractivity contribution in [1.29, 1.82) is 0 Å². The van der Waals surface area contributed by atoms with Crippen LogP contribution >= 0.6 is 15.9 Å². The van der Waals surface area contributed by atoms with Gasteiger partial charge in [0.2, 0.25) is 10.0 Å². The Labute approximate surface area is 138 Å². The van der Waals surface area contributed by atoms with E-state index < -0.39 is 10.0 Å². The van der Waals surface area contributed by atoms with Gasteiger partial charge in [0.1, 0.15) is 0 Å². The van der Waals surface area contributed by atoms with Crippen LogP contribution < -0.4 is 9.62 Å². The van der Waals surface area contributed by atoms with E-state index >= 15 is 0 Å². The molecule has 1 N–H and O–H groups in total. The van der Waals surface area contributed by atoms with Gasteiger partial charge in [-0.1, -0.05) is 22.0 Å². The monoisotopic (exact) mass is 382 g/mol. The third-order valence-electron chi connectivity index (χ3n) is 3.07. The van der Waals surface area contributed by atoms with Gasteiger partial charge in [-0.3, -0.25) is 9.10 Å². The number of sulfonamides is 1. The van der Waals surface area contributed by atoms with E-state index in [2.05, 4.69) is 21.2 Å². The van der Waals surface area contributed by atoms with Gasteiger partial charge in [-0.15, -0.1) is 0 Å². The van der Waals surface area contributed by atoms with Gasteiger partial charge >= 0.3 is 0 Å². The first kappa shape index (κ1) is 16.5. The molecular formula is C15H15BrN2O3S. The first-order chi connectivity index (χ1) is 10.3. The summed E-state index contributed by atoms with van der Waals surface area (Å²) in [5.41, 5.74) is 1.48. The number of benzene rings is 2. The predicted molar refractivity (Wildman–Crippen MR) is 91.8 cm³/mol. The van der Waals surface area contributed by atoms with Gasteiger partial charge in [0.25, 0.3) is 5.91 Å². The standard InChI is InChI=1S/C15H15BrN2O3S/c1-18(22(2,20)21)14-5-3-4-11(10-14)15(19)17-13-8-6-12(16)7-9-13/h3-10H,1-2H3,(H,17,19). The smallest absolute Gasteiger partial charge is 0.255 e. The van der Waals surface area contributed by atoms with Gasteiger partial charge < -0.3 is 5.32 Å². The Morgan fingerprint density at radius 3 is 2.36 bits per heavy atom. The fourth-order valence-electron chi connectivity index (χ4n) is 1.77. The van der Waals surface area contributed by atoms with Crippen LogP contribution in [0, 0.1) is 0 Å². The highest BCUT2D eigenvalue weighted by atomic mass is 79.9. The SMILES string of the molecule is CN(c1cccc(C(=O)Nc2ccc(Br)cc2)c1)S(C)(=O)=O. The van der Waals surface area contributed by atoms with Crippen molar-refractivity contribution < 1.29 is 13.2 Å². The lowest BCUT2D eigenvalue weighted by Crippen LogP contribution is -2.25. The van der Waals surface area contributed by atoms with Crippen LogP contribution in [-0.2, 0) is 10.0 Å². The van der Waals surface area contributed by atoms with Crippen molar-refractivity contribution in [2.45, 2.75) is 0 Å². The van der Waals surface area contributed by atoms with Gasteiger partial charge in [-0.2, -0.15) is 0 Å². The minimum absolute atomic E-state index is 0.300. The lowest BCUT2D eigenvalue weighted by atomic mass is 10.2. The number of hydrogen-bond donors (Lipinski definition) is 1. The molecule has 0 unspecified atom stereocenters. The van der Waals surface area contributed by atoms with Crippen LogP contribution in [0.25, 0.3) is 0 Å². The molecule has 22 heavy (non-hydrogen) atoms. The van der Waals surface area contributed by atoms with Crippen LogP contribution in [0.2, 0.25) is 0 Å². The molecule has 2 aromatic carbocycles. The molecule has 116 valence electrons. The zero-order chi connectivity index (χ0) is 16.3. The quantitative estimate of drug-likeness (QED) is 0.883. The summed E-state index contributed by atoms with van der Waals surface area (Å²) in [4.78, 5) is 12.2. The van der Waals surface area contributed by atoms with Crippen LogP contribution in [0.1, 0.15) is 10.4 Å². The summed E-state index contributed by atoms with van der Waals surface area (Å²) in [5, 5.41) is 2.76. The molecule has 0 saturated heterocycles. The molecule has 5 nitrogen and oxygen atoms in total. The van der Waals surface area contributed by atoms with Crippen molar-refractivity contribution in [3.05, 3.63) is 58.6 Å². The number of rotatable bonds is 4. The van der Waals surface area contributed by atoms with E-state index in [1.807, 2.05) is 12.1 Å². The molecule has 0 saturated carbocycles. The second kappa shape index (κ2) is 6.50. The fourth-order valence-corrected chi connectivity index (χ4v) is 2.53. The number of amides is 1. The first-order valence-corrected chi connectivity index (χ1v) is 9.02. The van der Waals surface area contributed by atoms with Crippen molar-refractivity contribution in [2.75, 3.05) is 22.9 Å². The second-order valence-electron chi connectivity index (χ2n) is 4.74. The number of carbonyl (C=O) groups is 1. The number of nitrogens with one attached hydrogen (secondary N) is 1. The summed E-state index contributed by atoms with van der Waals surface area (Å²) in [6.45, 7) is 0. The van der Waals surface area contributed by atoms with Crippen LogP contribution in [0.5, 0.6) is 0 Å². The highest BCUT2D eigenvalue weighted by Crippen LogP contribution is 2.19. The highest BCUT2D eigenvalue weighted by Gasteiger charge is 2.14. The highest BCUT2D eigenvalue weighted by molar-refractivity contribution is 9.10. The molecule has 2 aromatic rings. The molecule has 1 amide bonds. The number of nitrogens with zero attached hydrogens (tertiary/aromatic N) is 1. The third kappa shape index (κ3) is 4.08. The van der Waals surface area contributed by atoms with Gasteiger partial charge in [-0.05, 0) is 42.5 Å². The lowest BCUT2D eigenvalue weighted by Gasteiger charge is -2.17. The molecule has 0 aliphatic carbocycles. The number of anilines is 2. The van der Waals surface area contributed by atoms with Crippen LogP contribution in [-0.4, -0.2) is 27.6 Å². The summed E-state index contributed by atoms with van der Waals surface area (Å²) in [5.74, 6) is -0.300. The van der Waals surface area contributed by atoms with Crippen molar-refractivity contribution in [1.82, 2.24) is 0 Å². The van der Waals surface area contributed by atoms with E-state index in [1.165, 1.54) is 13.1 Å². The first-order valence-electron chi connectivity index (χ1n) is 6.38. The molecule has 0 aliphatic heterocycles. The minimum Gasteiger partial charge on any atom is -0.322 e. The summed E-state index contributed by atoms with van der Waals surface area (Å²) in [7, 11) is -1.92. The molecule has 0 aromatic heterocycles. The van der Waals surface area contributed by atoms with Gasteiger partial charge in [0.05, 0.1) is 11.9 Å². The molecule has 0 fully saturated rings. The Bertz CT molecular complexity index is 789. The van der Waals surface area contributed by atoms with Crippen molar-refractivity contribution >= 4 is 43.2 Å². The van der Waals surface area contributed by atoms with Crippen molar-refractivity contribution in [3.8, 4) is 0 Å². The Balaban J connectivity index is 2.22. The van der Waals surface area contributed by atoms with E-state index in [4.69, 9.17) is 0 Å². The average molecular weight is 383 g/mol. The van der Waals surface area contributed by atoms with E-state index in [0.29, 0.717) is 16.9 Å². The molecular weight excluding hydrogens is 368 g/mol. The van der Waals surface area contributed by atoms with E-state index in [9.17, 15) is 13.2 Å². The van der Waals surface area contributed by atoms with Crippen LogP contribution in [0.3, 0.4) is 0 Å². The molecule has 2 rings (SSSR count). The molecule has 0 spiro atoms. The Morgan fingerprint density at radius 2 is 1.77 bits per heavy atom. The predicted octanol–water partition coefficient (Wildman–Crippen LogP) is 3.10. The Morgan fingerprint density at radius 1 is 1.14 bits per heavy atom. The normalized spacial score (nSPS) is 11.0. The zero-order valence-electron chi connectivity index (χ0n) is 12.1. The maximum absolute atomic E-state index is 12.2. The largest absolute Gasteiger partial charge is 0.322 e. The van der Waals surface area contributed by atoms with E-state index in [-0.39, 0.29) is 5.91 Å². The zero-order valence-corrected chi connectivity index (χ0v) is 14.5. The number of carbonyl (C=O) groups excluding carboxylic acids is 1. The van der Waals surface area contributed by atoms with Gasteiger partial charge in [0, 0.05) is 22.8 Å². The van der Waals surface area contributed by atoms with Gasteiger partial charge in [0.15, 0.2) is 0 Å². The second-order valence-corrected chi connectivity index (χ2v) is 7.67. The van der Waals surface area contributed by atoms with Gasteiger partial charge in [-0.25, -0.2) is 8.42 Å². The van der Waals surface area contributed by atoms with E-state index in [1.54, 1.807) is 30.3 Å². The third-order valence-corrected chi connectivity index (χ3v) is 4.81. The molecule has 0 heterocycles. The number of hydrogen-bond acceptors (Lipinski definition) is 3. The minimum atomic E-state index is -3.37. The summed E-state index contributed by atoms with van der Waals surface area (Å²) in [6.07, 6.45) is 1.11. The maximum Gasteiger partial charge on any atom is 0.255 e. The van der Waals surface area contributed by atoms with Crippen LogP contribution in [0.15, 0.2) is 53.0 Å². The number of halogens is 1. The van der Waals surface area contributed by atoms with Crippen LogP contribution in [0.4, 0.5) is 11.4 Å². The fraction of sp³-hybridized carbons (Fsp3) is 0.133. The van der Waals surface area contributed by atoms with E-state index in [0.717, 1.165) is 15.0 Å². The molecule has 0 aliphatic rings. The molecule has 0 bridgehead atoms. The molecule has 0 radical (unpaired) electrons. The summed E-state index contributed by atoms with van der Waals surface area (Å²) >= 11 is 3.33. The van der Waals surface area contributed by atoms with Crippen molar-refractivity contribution in [2.24, 2.45) is 0 Å². The Hall–Kier alpha value is -1.86. The molecule has 0 atom stereocenters.